The molecule has 21 heavy (non-hydrogen) atoms. The maximum Gasteiger partial charge on any atom is 0.408 e. The summed E-state index contributed by atoms with van der Waals surface area (Å²) in [6.07, 6.45) is 0.224. The van der Waals surface area contributed by atoms with E-state index in [1.54, 1.807) is 0 Å². The molecule has 1 fully saturated rings. The summed E-state index contributed by atoms with van der Waals surface area (Å²) in [5.74, 6) is -0.384. The minimum absolute atomic E-state index is 0.148. The number of carbonyl (C=O) groups is 2. The fourth-order valence-electron chi connectivity index (χ4n) is 2.12. The van der Waals surface area contributed by atoms with Crippen molar-refractivity contribution in [3.8, 4) is 0 Å². The van der Waals surface area contributed by atoms with Crippen LogP contribution in [0.2, 0.25) is 0 Å². The summed E-state index contributed by atoms with van der Waals surface area (Å²) >= 11 is 5.61. The lowest BCUT2D eigenvalue weighted by Gasteiger charge is -2.18. The second kappa shape index (κ2) is 8.00. The molecule has 0 radical (unpaired) electrons. The molecule has 1 N–H and O–H groups in total. The monoisotopic (exact) mass is 311 g/mol. The van der Waals surface area contributed by atoms with E-state index in [0.29, 0.717) is 26.1 Å². The van der Waals surface area contributed by atoms with Crippen molar-refractivity contribution in [1.82, 2.24) is 5.32 Å². The van der Waals surface area contributed by atoms with Gasteiger partial charge in [-0.1, -0.05) is 30.3 Å². The Bertz CT molecular complexity index is 474. The number of ketones is 1. The van der Waals surface area contributed by atoms with Crippen LogP contribution in [0, 0.1) is 0 Å². The molecular formula is C15H18ClNO4. The summed E-state index contributed by atoms with van der Waals surface area (Å²) in [6.45, 7) is 0.992. The third-order valence-corrected chi connectivity index (χ3v) is 3.52. The molecule has 0 unspecified atom stereocenters. The van der Waals surface area contributed by atoms with Gasteiger partial charge in [0.05, 0.1) is 25.1 Å². The number of Topliss-reactive ketones (excluding diaryl/α,β-unsaturated/α-hetero) is 1. The van der Waals surface area contributed by atoms with Crippen LogP contribution in [0.5, 0.6) is 0 Å². The molecule has 114 valence electrons. The Labute approximate surface area is 128 Å². The predicted octanol–water partition coefficient (Wildman–Crippen LogP) is 1.92. The van der Waals surface area contributed by atoms with Gasteiger partial charge in [-0.15, -0.1) is 11.6 Å². The Morgan fingerprint density at radius 3 is 2.76 bits per heavy atom. The highest BCUT2D eigenvalue weighted by atomic mass is 35.5. The van der Waals surface area contributed by atoms with Crippen LogP contribution in [-0.4, -0.2) is 43.1 Å². The van der Waals surface area contributed by atoms with Gasteiger partial charge < -0.3 is 14.8 Å². The van der Waals surface area contributed by atoms with Crippen LogP contribution < -0.4 is 5.32 Å². The zero-order valence-electron chi connectivity index (χ0n) is 11.6. The minimum atomic E-state index is -0.681. The van der Waals surface area contributed by atoms with E-state index in [1.807, 2.05) is 30.3 Å². The number of alkyl halides is 1. The normalized spacial score (nSPS) is 19.0. The topological polar surface area (TPSA) is 64.6 Å². The van der Waals surface area contributed by atoms with E-state index < -0.39 is 12.1 Å². The Hall–Kier alpha value is -1.59. The lowest BCUT2D eigenvalue weighted by atomic mass is 10.0. The van der Waals surface area contributed by atoms with Gasteiger partial charge in [0.2, 0.25) is 0 Å². The molecule has 1 aromatic rings. The fourth-order valence-corrected chi connectivity index (χ4v) is 2.31. The van der Waals surface area contributed by atoms with E-state index in [4.69, 9.17) is 21.1 Å². The zero-order chi connectivity index (χ0) is 15.1. The standard InChI is InChI=1S/C15H18ClNO4/c16-9-14(18)13(8-11-4-2-1-3-5-11)17-15(19)21-12-6-7-20-10-12/h1-5,12-13H,6-10H2,(H,17,19)/t12-,13+/m0/s1. The molecule has 1 aliphatic heterocycles. The average molecular weight is 312 g/mol. The first-order chi connectivity index (χ1) is 10.2. The number of ether oxygens (including phenoxy) is 2. The molecule has 0 bridgehead atoms. The third-order valence-electron chi connectivity index (χ3n) is 3.26. The Morgan fingerprint density at radius 2 is 2.14 bits per heavy atom. The number of halogens is 1. The number of benzene rings is 1. The number of alkyl carbamates (subject to hydrolysis) is 1. The van der Waals surface area contributed by atoms with Crippen LogP contribution in [0.15, 0.2) is 30.3 Å². The largest absolute Gasteiger partial charge is 0.444 e. The van der Waals surface area contributed by atoms with E-state index in [0.717, 1.165) is 5.56 Å². The Kier molecular flexibility index (Phi) is 6.02. The molecule has 5 nitrogen and oxygen atoms in total. The Morgan fingerprint density at radius 1 is 1.38 bits per heavy atom. The molecule has 0 saturated carbocycles. The number of hydrogen-bond donors (Lipinski definition) is 1. The summed E-state index contributed by atoms with van der Waals surface area (Å²) in [7, 11) is 0. The molecule has 1 aromatic carbocycles. The lowest BCUT2D eigenvalue weighted by Crippen LogP contribution is -2.44. The second-order valence-corrected chi connectivity index (χ2v) is 5.14. The van der Waals surface area contributed by atoms with Crippen molar-refractivity contribution in [3.63, 3.8) is 0 Å². The lowest BCUT2D eigenvalue weighted by molar-refractivity contribution is -0.118. The fraction of sp³-hybridized carbons (Fsp3) is 0.467. The molecule has 6 heteroatoms. The summed E-state index contributed by atoms with van der Waals surface area (Å²) in [6, 6.07) is 8.76. The van der Waals surface area contributed by atoms with E-state index in [9.17, 15) is 9.59 Å². The van der Waals surface area contributed by atoms with Crippen LogP contribution >= 0.6 is 11.6 Å². The van der Waals surface area contributed by atoms with Crippen molar-refractivity contribution in [2.75, 3.05) is 19.1 Å². The maximum atomic E-state index is 11.9. The quantitative estimate of drug-likeness (QED) is 0.815. The SMILES string of the molecule is O=C(N[C@H](Cc1ccccc1)C(=O)CCl)O[C@H]1CCOC1. The number of rotatable bonds is 6. The van der Waals surface area contributed by atoms with E-state index in [2.05, 4.69) is 5.32 Å². The molecule has 1 heterocycles. The van der Waals surface area contributed by atoms with Gasteiger partial charge in [0, 0.05) is 6.42 Å². The van der Waals surface area contributed by atoms with E-state index in [1.165, 1.54) is 0 Å². The summed E-state index contributed by atoms with van der Waals surface area (Å²) in [5.41, 5.74) is 0.950. The minimum Gasteiger partial charge on any atom is -0.444 e. The summed E-state index contributed by atoms with van der Waals surface area (Å²) in [5, 5.41) is 2.59. The smallest absolute Gasteiger partial charge is 0.408 e. The molecular weight excluding hydrogens is 294 g/mol. The molecule has 2 rings (SSSR count). The highest BCUT2D eigenvalue weighted by Crippen LogP contribution is 2.09. The summed E-state index contributed by atoms with van der Waals surface area (Å²) in [4.78, 5) is 23.7. The molecule has 0 spiro atoms. The van der Waals surface area contributed by atoms with Crippen molar-refractivity contribution < 1.29 is 19.1 Å². The van der Waals surface area contributed by atoms with Crippen LogP contribution in [0.3, 0.4) is 0 Å². The van der Waals surface area contributed by atoms with Gasteiger partial charge in [-0.25, -0.2) is 4.79 Å². The highest BCUT2D eigenvalue weighted by Gasteiger charge is 2.24. The molecule has 2 atom stereocenters. The highest BCUT2D eigenvalue weighted by molar-refractivity contribution is 6.28. The summed E-state index contributed by atoms with van der Waals surface area (Å²) < 4.78 is 10.3. The molecule has 1 saturated heterocycles. The van der Waals surface area contributed by atoms with Crippen molar-refractivity contribution in [1.29, 1.82) is 0 Å². The number of hydrogen-bond acceptors (Lipinski definition) is 4. The number of amides is 1. The van der Waals surface area contributed by atoms with Crippen LogP contribution in [0.4, 0.5) is 4.79 Å². The predicted molar refractivity (Wildman–Crippen MR) is 78.5 cm³/mol. The van der Waals surface area contributed by atoms with Gasteiger partial charge in [0.15, 0.2) is 5.78 Å². The van der Waals surface area contributed by atoms with E-state index >= 15 is 0 Å². The number of nitrogens with one attached hydrogen (secondary N) is 1. The van der Waals surface area contributed by atoms with Crippen molar-refractivity contribution in [2.45, 2.75) is 25.0 Å². The first-order valence-electron chi connectivity index (χ1n) is 6.86. The zero-order valence-corrected chi connectivity index (χ0v) is 12.3. The van der Waals surface area contributed by atoms with Gasteiger partial charge in [-0.2, -0.15) is 0 Å². The number of carbonyl (C=O) groups excluding carboxylic acids is 2. The molecule has 0 aromatic heterocycles. The van der Waals surface area contributed by atoms with Crippen molar-refractivity contribution in [3.05, 3.63) is 35.9 Å². The van der Waals surface area contributed by atoms with Crippen molar-refractivity contribution in [2.24, 2.45) is 0 Å². The van der Waals surface area contributed by atoms with E-state index in [-0.39, 0.29) is 17.8 Å². The second-order valence-electron chi connectivity index (χ2n) is 4.88. The molecule has 0 aliphatic carbocycles. The van der Waals surface area contributed by atoms with Gasteiger partial charge in [0.1, 0.15) is 6.10 Å². The average Bonchev–Trinajstić information content (AvgIpc) is 2.99. The van der Waals surface area contributed by atoms with Crippen LogP contribution in [0.1, 0.15) is 12.0 Å². The molecule has 1 amide bonds. The van der Waals surface area contributed by atoms with Crippen LogP contribution in [0.25, 0.3) is 0 Å². The molecule has 1 aliphatic rings. The van der Waals surface area contributed by atoms with Gasteiger partial charge >= 0.3 is 6.09 Å². The maximum absolute atomic E-state index is 11.9. The van der Waals surface area contributed by atoms with Gasteiger partial charge in [-0.05, 0) is 12.0 Å². The third kappa shape index (κ3) is 5.02. The van der Waals surface area contributed by atoms with Crippen molar-refractivity contribution >= 4 is 23.5 Å². The van der Waals surface area contributed by atoms with Gasteiger partial charge in [-0.3, -0.25) is 4.79 Å². The van der Waals surface area contributed by atoms with Gasteiger partial charge in [0.25, 0.3) is 0 Å². The first kappa shape index (κ1) is 15.8. The first-order valence-corrected chi connectivity index (χ1v) is 7.40. The Balaban J connectivity index is 1.92. The van der Waals surface area contributed by atoms with Crippen LogP contribution in [-0.2, 0) is 20.7 Å².